The van der Waals surface area contributed by atoms with E-state index in [-0.39, 0.29) is 37.5 Å². The molecule has 0 aliphatic carbocycles. The lowest BCUT2D eigenvalue weighted by atomic mass is 9.93. The summed E-state index contributed by atoms with van der Waals surface area (Å²) in [5, 5.41) is 28.7. The zero-order chi connectivity index (χ0) is 33.3. The number of nitrogens with one attached hydrogen (secondary N) is 2. The Balaban J connectivity index is 1.27. The normalized spacial score (nSPS) is 20.4. The molecule has 12 nitrogen and oxygen atoms in total. The number of aliphatic hydroxyl groups is 1. The first-order valence-electron chi connectivity index (χ1n) is 15.8. The van der Waals surface area contributed by atoms with Crippen molar-refractivity contribution in [1.29, 1.82) is 0 Å². The van der Waals surface area contributed by atoms with Crippen LogP contribution in [0.2, 0.25) is 0 Å². The molecule has 3 N–H and O–H groups in total. The Bertz CT molecular complexity index is 1500. The number of rotatable bonds is 14. The van der Waals surface area contributed by atoms with E-state index in [4.69, 9.17) is 18.9 Å². The van der Waals surface area contributed by atoms with Gasteiger partial charge in [-0.25, -0.2) is 4.79 Å². The predicted octanol–water partition coefficient (Wildman–Crippen LogP) is 4.17. The molecule has 250 valence electrons. The maximum atomic E-state index is 13.2. The predicted molar refractivity (Wildman–Crippen MR) is 172 cm³/mol. The van der Waals surface area contributed by atoms with Crippen LogP contribution in [-0.4, -0.2) is 72.4 Å². The number of fused-ring (bicyclic) bond motifs is 1. The highest BCUT2D eigenvalue weighted by molar-refractivity contribution is 5.78. The Morgan fingerprint density at radius 3 is 2.26 bits per heavy atom. The van der Waals surface area contributed by atoms with Crippen LogP contribution in [0, 0.1) is 29.9 Å². The molecular formula is C35H41N3O9. The minimum atomic E-state index is -1.06. The number of alkyl carbamates (subject to hydrolysis) is 1. The third kappa shape index (κ3) is 9.28. The first kappa shape index (κ1) is 33.8. The van der Waals surface area contributed by atoms with Gasteiger partial charge in [-0.1, -0.05) is 60.7 Å². The minimum Gasteiger partial charge on any atom is -0.483 e. The smallest absolute Gasteiger partial charge is 0.407 e. The van der Waals surface area contributed by atoms with Crippen molar-refractivity contribution in [2.24, 2.45) is 5.92 Å². The van der Waals surface area contributed by atoms with Gasteiger partial charge in [-0.2, -0.15) is 0 Å². The maximum absolute atomic E-state index is 13.2. The topological polar surface area (TPSA) is 158 Å². The van der Waals surface area contributed by atoms with Crippen LogP contribution >= 0.6 is 0 Å². The number of hydrogen-bond donors (Lipinski definition) is 3. The molecule has 2 aliphatic heterocycles. The van der Waals surface area contributed by atoms with Crippen LogP contribution in [0.3, 0.4) is 0 Å². The van der Waals surface area contributed by atoms with E-state index >= 15 is 0 Å². The lowest BCUT2D eigenvalue weighted by Gasteiger charge is -2.29. The van der Waals surface area contributed by atoms with Gasteiger partial charge in [0.1, 0.15) is 11.9 Å². The van der Waals surface area contributed by atoms with Gasteiger partial charge in [-0.15, -0.1) is 0 Å². The molecule has 0 bridgehead atoms. The molecule has 2 heterocycles. The Labute approximate surface area is 273 Å². The second-order valence-electron chi connectivity index (χ2n) is 12.1. The lowest BCUT2D eigenvalue weighted by Crippen LogP contribution is -2.50. The third-order valence-electron chi connectivity index (χ3n) is 8.53. The summed E-state index contributed by atoms with van der Waals surface area (Å²) < 4.78 is 22.7. The summed E-state index contributed by atoms with van der Waals surface area (Å²) in [6, 6.07) is 20.6. The van der Waals surface area contributed by atoms with E-state index in [0.717, 1.165) is 17.5 Å². The number of benzene rings is 3. The van der Waals surface area contributed by atoms with Crippen molar-refractivity contribution in [2.75, 3.05) is 19.8 Å². The zero-order valence-electron chi connectivity index (χ0n) is 26.5. The summed E-state index contributed by atoms with van der Waals surface area (Å²) in [5.74, 6) is -0.0412. The first-order valence-corrected chi connectivity index (χ1v) is 15.8. The minimum absolute atomic E-state index is 0.0236. The number of non-ortho nitro benzene ring substituents is 1. The highest BCUT2D eigenvalue weighted by Gasteiger charge is 2.44. The summed E-state index contributed by atoms with van der Waals surface area (Å²) in [5.41, 5.74) is 2.90. The van der Waals surface area contributed by atoms with Crippen LogP contribution in [-0.2, 0) is 31.8 Å². The van der Waals surface area contributed by atoms with Crippen LogP contribution in [0.25, 0.3) is 0 Å². The summed E-state index contributed by atoms with van der Waals surface area (Å²) in [6.45, 7) is 3.85. The SMILES string of the molecule is Cc1cc([N+](=O)[O-])cc(C)c1OCC(=O)N[C@@H](Cc1ccccc1)C[C@H](O)[C@H](Cc1ccccc1)NC(=O)OC1COC2OCCC12. The maximum Gasteiger partial charge on any atom is 0.407 e. The monoisotopic (exact) mass is 647 g/mol. The molecule has 47 heavy (non-hydrogen) atoms. The number of aryl methyl sites for hydroxylation is 2. The van der Waals surface area contributed by atoms with Crippen LogP contribution in [0.15, 0.2) is 72.8 Å². The third-order valence-corrected chi connectivity index (χ3v) is 8.53. The fourth-order valence-corrected chi connectivity index (χ4v) is 6.24. The molecule has 0 aromatic heterocycles. The fraction of sp³-hybridized carbons (Fsp3) is 0.429. The molecule has 12 heteroatoms. The van der Waals surface area contributed by atoms with E-state index < -0.39 is 41.2 Å². The number of carbonyl (C=O) groups is 2. The lowest BCUT2D eigenvalue weighted by molar-refractivity contribution is -0.385. The van der Waals surface area contributed by atoms with E-state index in [1.54, 1.807) is 13.8 Å². The van der Waals surface area contributed by atoms with E-state index in [1.165, 1.54) is 12.1 Å². The van der Waals surface area contributed by atoms with Crippen molar-refractivity contribution in [2.45, 2.75) is 70.1 Å². The number of carbonyl (C=O) groups excluding carboxylic acids is 2. The molecule has 2 saturated heterocycles. The number of nitro benzene ring substituents is 1. The van der Waals surface area contributed by atoms with Crippen LogP contribution in [0.1, 0.15) is 35.1 Å². The molecule has 0 radical (unpaired) electrons. The van der Waals surface area contributed by atoms with Crippen molar-refractivity contribution in [3.8, 4) is 5.75 Å². The standard InChI is InChI=1S/C35H41N3O9/c1-22-15-27(38(42)43)16-23(2)33(22)45-21-32(40)36-26(17-24-9-5-3-6-10-24)19-30(39)29(18-25-11-7-4-8-12-25)37-35(41)47-31-20-46-34-28(31)13-14-44-34/h3-12,15-16,26,28-31,34,39H,13-14,17-21H2,1-2H3,(H,36,40)(H,37,41)/t26-,28?,29-,30-,31?,34?/m0/s1. The molecule has 3 unspecified atom stereocenters. The summed E-state index contributed by atoms with van der Waals surface area (Å²) >= 11 is 0. The van der Waals surface area contributed by atoms with Crippen molar-refractivity contribution in [3.05, 3.63) is 105 Å². The molecule has 0 saturated carbocycles. The molecule has 3 aromatic carbocycles. The quantitative estimate of drug-likeness (QED) is 0.173. The molecule has 6 atom stereocenters. The van der Waals surface area contributed by atoms with Crippen molar-refractivity contribution >= 4 is 17.7 Å². The zero-order valence-corrected chi connectivity index (χ0v) is 26.5. The highest BCUT2D eigenvalue weighted by Crippen LogP contribution is 2.33. The molecular weight excluding hydrogens is 606 g/mol. The fourth-order valence-electron chi connectivity index (χ4n) is 6.24. The number of ether oxygens (including phenoxy) is 4. The Kier molecular flexibility index (Phi) is 11.4. The van der Waals surface area contributed by atoms with Crippen molar-refractivity contribution in [1.82, 2.24) is 10.6 Å². The summed E-state index contributed by atoms with van der Waals surface area (Å²) in [4.78, 5) is 37.0. The average molecular weight is 648 g/mol. The van der Waals surface area contributed by atoms with Gasteiger partial charge in [0, 0.05) is 18.2 Å². The number of hydrogen-bond acceptors (Lipinski definition) is 9. The Morgan fingerprint density at radius 2 is 1.62 bits per heavy atom. The van der Waals surface area contributed by atoms with Gasteiger partial charge in [0.05, 0.1) is 36.2 Å². The molecule has 2 aliphatic rings. The van der Waals surface area contributed by atoms with Crippen molar-refractivity contribution in [3.63, 3.8) is 0 Å². The second kappa shape index (κ2) is 15.9. The highest BCUT2D eigenvalue weighted by atomic mass is 16.7. The van der Waals surface area contributed by atoms with Gasteiger partial charge >= 0.3 is 6.09 Å². The first-order chi connectivity index (χ1) is 22.7. The van der Waals surface area contributed by atoms with E-state index in [0.29, 0.717) is 36.3 Å². The number of aliphatic hydroxyl groups excluding tert-OH is 1. The molecule has 0 spiro atoms. The Hall–Kier alpha value is -4.52. The van der Waals surface area contributed by atoms with Crippen LogP contribution in [0.5, 0.6) is 5.75 Å². The van der Waals surface area contributed by atoms with E-state index in [9.17, 15) is 24.8 Å². The average Bonchev–Trinajstić information content (AvgIpc) is 3.66. The molecule has 2 fully saturated rings. The van der Waals surface area contributed by atoms with Gasteiger partial charge in [0.25, 0.3) is 11.6 Å². The van der Waals surface area contributed by atoms with Crippen LogP contribution < -0.4 is 15.4 Å². The Morgan fingerprint density at radius 1 is 0.979 bits per heavy atom. The summed E-state index contributed by atoms with van der Waals surface area (Å²) in [7, 11) is 0. The number of nitro groups is 1. The van der Waals surface area contributed by atoms with E-state index in [1.807, 2.05) is 60.7 Å². The molecule has 3 aromatic rings. The number of amides is 2. The van der Waals surface area contributed by atoms with Gasteiger partial charge in [-0.05, 0) is 61.8 Å². The van der Waals surface area contributed by atoms with Gasteiger partial charge in [0.15, 0.2) is 12.9 Å². The second-order valence-corrected chi connectivity index (χ2v) is 12.1. The largest absolute Gasteiger partial charge is 0.483 e. The summed E-state index contributed by atoms with van der Waals surface area (Å²) in [6.07, 6.45) is -0.892. The van der Waals surface area contributed by atoms with Gasteiger partial charge in [0.2, 0.25) is 0 Å². The van der Waals surface area contributed by atoms with Crippen molar-refractivity contribution < 1.29 is 38.6 Å². The van der Waals surface area contributed by atoms with Crippen LogP contribution in [0.4, 0.5) is 10.5 Å². The van der Waals surface area contributed by atoms with E-state index in [2.05, 4.69) is 10.6 Å². The van der Waals surface area contributed by atoms with Gasteiger partial charge in [-0.3, -0.25) is 14.9 Å². The molecule has 2 amide bonds. The molecule has 5 rings (SSSR count). The van der Waals surface area contributed by atoms with Gasteiger partial charge < -0.3 is 34.7 Å². The number of nitrogens with zero attached hydrogens (tertiary/aromatic N) is 1.